The summed E-state index contributed by atoms with van der Waals surface area (Å²) in [5.41, 5.74) is 0. The molecule has 80 valence electrons. The number of aliphatic hydroxyl groups is 1. The third-order valence-corrected chi connectivity index (χ3v) is 4.25. The third kappa shape index (κ3) is 2.04. The first-order valence-electron chi connectivity index (χ1n) is 4.55. The zero-order valence-electron chi connectivity index (χ0n) is 8.15. The monoisotopic (exact) mass is 242 g/mol. The van der Waals surface area contributed by atoms with Crippen molar-refractivity contribution >= 4 is 38.0 Å². The van der Waals surface area contributed by atoms with Crippen LogP contribution in [0.4, 0.5) is 0 Å². The van der Waals surface area contributed by atoms with Gasteiger partial charge in [0.05, 0.1) is 17.2 Å². The Balaban J connectivity index is 2.32. The van der Waals surface area contributed by atoms with Crippen LogP contribution in [0.3, 0.4) is 0 Å². The number of esters is 1. The van der Waals surface area contributed by atoms with Crippen LogP contribution < -0.4 is 0 Å². The number of rotatable bonds is 3. The Morgan fingerprint density at radius 3 is 2.87 bits per heavy atom. The van der Waals surface area contributed by atoms with E-state index in [1.54, 1.807) is 6.92 Å². The van der Waals surface area contributed by atoms with E-state index in [1.807, 2.05) is 12.1 Å². The molecule has 15 heavy (non-hydrogen) atoms. The lowest BCUT2D eigenvalue weighted by atomic mass is 10.3. The number of thiophene rings is 2. The molecule has 3 nitrogen and oxygen atoms in total. The standard InChI is InChI=1S/C10H10O3S2/c1-2-13-9(12)8-4-6-3-7(5-11)14-10(6)15-8/h3-4,11H,2,5H2,1H3. The molecule has 0 amide bonds. The normalized spacial score (nSPS) is 10.8. The smallest absolute Gasteiger partial charge is 0.348 e. The minimum atomic E-state index is -0.267. The number of ether oxygens (including phenoxy) is 1. The Labute approximate surface area is 94.9 Å². The Hall–Kier alpha value is -0.910. The maximum Gasteiger partial charge on any atom is 0.348 e. The van der Waals surface area contributed by atoms with Gasteiger partial charge in [0, 0.05) is 10.3 Å². The largest absolute Gasteiger partial charge is 0.462 e. The van der Waals surface area contributed by atoms with Crippen LogP contribution in [0.2, 0.25) is 0 Å². The number of fused-ring (bicyclic) bond motifs is 1. The number of hydrogen-bond donors (Lipinski definition) is 1. The second kappa shape index (κ2) is 4.30. The summed E-state index contributed by atoms with van der Waals surface area (Å²) in [7, 11) is 0. The first kappa shape index (κ1) is 10.6. The van der Waals surface area contributed by atoms with Gasteiger partial charge >= 0.3 is 5.97 Å². The van der Waals surface area contributed by atoms with Crippen molar-refractivity contribution in [2.24, 2.45) is 0 Å². The molecule has 2 aromatic heterocycles. The molecule has 2 rings (SSSR count). The highest BCUT2D eigenvalue weighted by Gasteiger charge is 2.12. The molecule has 1 N–H and O–H groups in total. The number of carbonyl (C=O) groups is 1. The van der Waals surface area contributed by atoms with Gasteiger partial charge in [0.15, 0.2) is 0 Å². The first-order chi connectivity index (χ1) is 7.24. The van der Waals surface area contributed by atoms with Crippen LogP contribution in [0.1, 0.15) is 21.5 Å². The van der Waals surface area contributed by atoms with Gasteiger partial charge in [-0.05, 0) is 19.1 Å². The van der Waals surface area contributed by atoms with Crippen LogP contribution in [0.5, 0.6) is 0 Å². The van der Waals surface area contributed by atoms with Gasteiger partial charge < -0.3 is 9.84 Å². The van der Waals surface area contributed by atoms with Crippen molar-refractivity contribution in [1.29, 1.82) is 0 Å². The minimum Gasteiger partial charge on any atom is -0.462 e. The van der Waals surface area contributed by atoms with Crippen molar-refractivity contribution in [3.63, 3.8) is 0 Å². The Kier molecular flexibility index (Phi) is 3.04. The summed E-state index contributed by atoms with van der Waals surface area (Å²) in [6.45, 7) is 2.24. The van der Waals surface area contributed by atoms with Gasteiger partial charge in [-0.2, -0.15) is 0 Å². The summed E-state index contributed by atoms with van der Waals surface area (Å²) in [5.74, 6) is -0.267. The molecule has 0 aliphatic rings. The maximum absolute atomic E-state index is 11.4. The number of hydrogen-bond acceptors (Lipinski definition) is 5. The van der Waals surface area contributed by atoms with Gasteiger partial charge in [-0.3, -0.25) is 0 Å². The average Bonchev–Trinajstić information content (AvgIpc) is 2.74. The van der Waals surface area contributed by atoms with E-state index >= 15 is 0 Å². The van der Waals surface area contributed by atoms with Crippen LogP contribution in [-0.4, -0.2) is 17.7 Å². The van der Waals surface area contributed by atoms with E-state index in [9.17, 15) is 4.79 Å². The Morgan fingerprint density at radius 1 is 1.47 bits per heavy atom. The van der Waals surface area contributed by atoms with Crippen molar-refractivity contribution in [3.8, 4) is 0 Å². The fraction of sp³-hybridized carbons (Fsp3) is 0.300. The van der Waals surface area contributed by atoms with Crippen molar-refractivity contribution in [2.45, 2.75) is 13.5 Å². The van der Waals surface area contributed by atoms with Crippen molar-refractivity contribution in [1.82, 2.24) is 0 Å². The van der Waals surface area contributed by atoms with Gasteiger partial charge in [0.2, 0.25) is 0 Å². The summed E-state index contributed by atoms with van der Waals surface area (Å²) in [6.07, 6.45) is 0. The quantitative estimate of drug-likeness (QED) is 0.842. The highest BCUT2D eigenvalue weighted by atomic mass is 32.2. The van der Waals surface area contributed by atoms with Crippen molar-refractivity contribution in [3.05, 3.63) is 21.9 Å². The van der Waals surface area contributed by atoms with E-state index < -0.39 is 0 Å². The molecule has 0 bridgehead atoms. The molecule has 0 unspecified atom stereocenters. The molecule has 0 spiro atoms. The third-order valence-electron chi connectivity index (χ3n) is 1.90. The highest BCUT2D eigenvalue weighted by molar-refractivity contribution is 7.39. The minimum absolute atomic E-state index is 0.0564. The van der Waals surface area contributed by atoms with Crippen LogP contribution in [0.25, 0.3) is 9.40 Å². The lowest BCUT2D eigenvalue weighted by molar-refractivity contribution is 0.0532. The molecule has 0 atom stereocenters. The van der Waals surface area contributed by atoms with E-state index in [2.05, 4.69) is 0 Å². The predicted octanol–water partition coefficient (Wildman–Crippen LogP) is 2.63. The zero-order chi connectivity index (χ0) is 10.8. The van der Waals surface area contributed by atoms with Gasteiger partial charge in [0.1, 0.15) is 4.88 Å². The molecule has 5 heteroatoms. The van der Waals surface area contributed by atoms with Crippen molar-refractivity contribution < 1.29 is 14.6 Å². The van der Waals surface area contributed by atoms with E-state index in [1.165, 1.54) is 22.7 Å². The molecular formula is C10H10O3S2. The molecule has 0 aliphatic carbocycles. The number of carbonyl (C=O) groups excluding carboxylic acids is 1. The second-order valence-electron chi connectivity index (χ2n) is 2.94. The topological polar surface area (TPSA) is 46.5 Å². The molecule has 0 saturated carbocycles. The SMILES string of the molecule is CCOC(=O)c1cc2cc(CO)sc2s1. The summed E-state index contributed by atoms with van der Waals surface area (Å²) >= 11 is 2.93. The van der Waals surface area contributed by atoms with Crippen LogP contribution in [-0.2, 0) is 11.3 Å². The molecule has 2 heterocycles. The zero-order valence-corrected chi connectivity index (χ0v) is 9.78. The number of aliphatic hydroxyl groups excluding tert-OH is 1. The van der Waals surface area contributed by atoms with Crippen LogP contribution in [0.15, 0.2) is 12.1 Å². The van der Waals surface area contributed by atoms with Gasteiger partial charge in [-0.15, -0.1) is 22.7 Å². The molecule has 2 aromatic rings. The predicted molar refractivity (Wildman–Crippen MR) is 61.6 cm³/mol. The lowest BCUT2D eigenvalue weighted by Crippen LogP contribution is -2.01. The van der Waals surface area contributed by atoms with Crippen LogP contribution >= 0.6 is 22.7 Å². The average molecular weight is 242 g/mol. The molecular weight excluding hydrogens is 232 g/mol. The van der Waals surface area contributed by atoms with Gasteiger partial charge in [-0.25, -0.2) is 4.79 Å². The summed E-state index contributed by atoms with van der Waals surface area (Å²) in [4.78, 5) is 13.0. The summed E-state index contributed by atoms with van der Waals surface area (Å²) in [5, 5.41) is 9.95. The van der Waals surface area contributed by atoms with E-state index in [0.717, 1.165) is 14.3 Å². The fourth-order valence-corrected chi connectivity index (χ4v) is 3.52. The Bertz CT molecular complexity index is 452. The van der Waals surface area contributed by atoms with E-state index in [0.29, 0.717) is 11.5 Å². The molecule has 0 aliphatic heterocycles. The fourth-order valence-electron chi connectivity index (χ4n) is 1.27. The maximum atomic E-state index is 11.4. The Morgan fingerprint density at radius 2 is 2.27 bits per heavy atom. The lowest BCUT2D eigenvalue weighted by Gasteiger charge is -1.96. The van der Waals surface area contributed by atoms with E-state index in [-0.39, 0.29) is 12.6 Å². The first-order valence-corrected chi connectivity index (χ1v) is 6.18. The molecule has 0 aromatic carbocycles. The van der Waals surface area contributed by atoms with Crippen LogP contribution in [0, 0.1) is 0 Å². The highest BCUT2D eigenvalue weighted by Crippen LogP contribution is 2.33. The summed E-state index contributed by atoms with van der Waals surface area (Å²) < 4.78 is 5.97. The van der Waals surface area contributed by atoms with E-state index in [4.69, 9.17) is 9.84 Å². The second-order valence-corrected chi connectivity index (χ2v) is 5.39. The molecule has 0 radical (unpaired) electrons. The van der Waals surface area contributed by atoms with Crippen molar-refractivity contribution in [2.75, 3.05) is 6.61 Å². The molecule has 0 fully saturated rings. The van der Waals surface area contributed by atoms with Gasteiger partial charge in [0.25, 0.3) is 0 Å². The molecule has 0 saturated heterocycles. The van der Waals surface area contributed by atoms with Gasteiger partial charge in [-0.1, -0.05) is 0 Å². The summed E-state index contributed by atoms with van der Waals surface area (Å²) in [6, 6.07) is 3.72.